The molecule has 140 valence electrons. The molecule has 0 saturated heterocycles. The van der Waals surface area contributed by atoms with Crippen LogP contribution in [0.3, 0.4) is 0 Å². The Hall–Kier alpha value is -2.34. The Kier molecular flexibility index (Phi) is 7.42. The van der Waals surface area contributed by atoms with Crippen LogP contribution in [0.5, 0.6) is 0 Å². The number of rotatable bonds is 5. The molecular weight excluding hydrogens is 352 g/mol. The van der Waals surface area contributed by atoms with Crippen molar-refractivity contribution < 1.29 is 14.6 Å². The fraction of sp³-hybridized carbons (Fsp3) is 0.304. The summed E-state index contributed by atoms with van der Waals surface area (Å²) in [5.41, 5.74) is 0. The molecule has 2 aromatic carbocycles. The first-order valence-electron chi connectivity index (χ1n) is 8.94. The fourth-order valence-electron chi connectivity index (χ4n) is 3.15. The second-order valence-electron chi connectivity index (χ2n) is 7.22. The van der Waals surface area contributed by atoms with Crippen LogP contribution in [0.15, 0.2) is 60.7 Å². The molecule has 0 fully saturated rings. The minimum atomic E-state index is -2.58. The second-order valence-corrected chi connectivity index (χ2v) is 11.5. The first kappa shape index (κ1) is 21.0. The van der Waals surface area contributed by atoms with Crippen LogP contribution in [-0.2, 0) is 4.43 Å². The highest BCUT2D eigenvalue weighted by molar-refractivity contribution is 6.99. The maximum absolute atomic E-state index is 9.23. The summed E-state index contributed by atoms with van der Waals surface area (Å²) in [6.07, 6.45) is -1.06. The Labute approximate surface area is 163 Å². The SMILES string of the molecule is CC(C)(C)[Si](OCC#CC#C[C@H](O)CO)(c1ccccc1)c1ccccc1. The van der Waals surface area contributed by atoms with Crippen LogP contribution in [0.2, 0.25) is 5.04 Å². The lowest BCUT2D eigenvalue weighted by atomic mass is 10.2. The predicted molar refractivity (Wildman–Crippen MR) is 112 cm³/mol. The Balaban J connectivity index is 2.41. The van der Waals surface area contributed by atoms with Gasteiger partial charge in [0.15, 0.2) is 0 Å². The largest absolute Gasteiger partial charge is 0.396 e. The zero-order valence-electron chi connectivity index (χ0n) is 16.1. The quantitative estimate of drug-likeness (QED) is 0.617. The first-order valence-corrected chi connectivity index (χ1v) is 10.8. The Morgan fingerprint density at radius 3 is 1.89 bits per heavy atom. The predicted octanol–water partition coefficient (Wildman–Crippen LogP) is 1.92. The molecule has 0 saturated carbocycles. The van der Waals surface area contributed by atoms with E-state index in [4.69, 9.17) is 9.53 Å². The number of hydrogen-bond acceptors (Lipinski definition) is 3. The molecular formula is C23H26O3Si. The molecule has 2 aromatic rings. The van der Waals surface area contributed by atoms with Crippen LogP contribution in [-0.4, -0.2) is 37.8 Å². The highest BCUT2D eigenvalue weighted by Gasteiger charge is 2.49. The van der Waals surface area contributed by atoms with E-state index in [-0.39, 0.29) is 11.6 Å². The Morgan fingerprint density at radius 1 is 0.926 bits per heavy atom. The second kappa shape index (κ2) is 9.55. The average molecular weight is 379 g/mol. The monoisotopic (exact) mass is 378 g/mol. The van der Waals surface area contributed by atoms with Crippen molar-refractivity contribution in [3.63, 3.8) is 0 Å². The highest BCUT2D eigenvalue weighted by atomic mass is 28.4. The molecule has 3 nitrogen and oxygen atoms in total. The topological polar surface area (TPSA) is 49.7 Å². The van der Waals surface area contributed by atoms with Gasteiger partial charge in [0.1, 0.15) is 6.10 Å². The lowest BCUT2D eigenvalue weighted by Crippen LogP contribution is -2.66. The molecule has 2 rings (SSSR count). The zero-order valence-corrected chi connectivity index (χ0v) is 17.1. The summed E-state index contributed by atoms with van der Waals surface area (Å²) in [5, 5.41) is 20.3. The Bertz CT molecular complexity index is 794. The fourth-order valence-corrected chi connectivity index (χ4v) is 7.60. The maximum Gasteiger partial charge on any atom is 0.262 e. The van der Waals surface area contributed by atoms with Gasteiger partial charge >= 0.3 is 0 Å². The van der Waals surface area contributed by atoms with Crippen LogP contribution in [0.1, 0.15) is 20.8 Å². The van der Waals surface area contributed by atoms with Crippen LogP contribution >= 0.6 is 0 Å². The van der Waals surface area contributed by atoms with Gasteiger partial charge < -0.3 is 14.6 Å². The average Bonchev–Trinajstić information content (AvgIpc) is 2.67. The summed E-state index contributed by atoms with van der Waals surface area (Å²) in [6, 6.07) is 20.7. The van der Waals surface area contributed by atoms with Crippen molar-refractivity contribution in [2.45, 2.75) is 31.9 Å². The van der Waals surface area contributed by atoms with Gasteiger partial charge in [-0.3, -0.25) is 0 Å². The van der Waals surface area contributed by atoms with Gasteiger partial charge in [-0.1, -0.05) is 93.3 Å². The van der Waals surface area contributed by atoms with Crippen molar-refractivity contribution in [3.8, 4) is 23.7 Å². The number of aliphatic hydroxyl groups excluding tert-OH is 2. The van der Waals surface area contributed by atoms with Gasteiger partial charge in [0.2, 0.25) is 0 Å². The van der Waals surface area contributed by atoms with E-state index in [9.17, 15) is 5.11 Å². The van der Waals surface area contributed by atoms with Crippen molar-refractivity contribution in [2.24, 2.45) is 0 Å². The first-order chi connectivity index (χ1) is 12.9. The molecule has 1 atom stereocenters. The van der Waals surface area contributed by atoms with Crippen molar-refractivity contribution in [1.29, 1.82) is 0 Å². The van der Waals surface area contributed by atoms with Crippen LogP contribution in [0, 0.1) is 23.7 Å². The molecule has 0 amide bonds. The van der Waals surface area contributed by atoms with Crippen LogP contribution in [0.25, 0.3) is 0 Å². The lowest BCUT2D eigenvalue weighted by Gasteiger charge is -2.42. The molecule has 0 unspecified atom stereocenters. The summed E-state index contributed by atoms with van der Waals surface area (Å²) in [6.45, 7) is 6.49. The van der Waals surface area contributed by atoms with Gasteiger partial charge in [-0.15, -0.1) is 0 Å². The minimum Gasteiger partial charge on any atom is -0.396 e. The van der Waals surface area contributed by atoms with Crippen molar-refractivity contribution in [2.75, 3.05) is 13.2 Å². The molecule has 2 N–H and O–H groups in total. The van der Waals surface area contributed by atoms with E-state index in [1.165, 1.54) is 10.4 Å². The summed E-state index contributed by atoms with van der Waals surface area (Å²) >= 11 is 0. The van der Waals surface area contributed by atoms with E-state index in [2.05, 4.69) is 68.7 Å². The molecule has 0 spiro atoms. The molecule has 0 bridgehead atoms. The van der Waals surface area contributed by atoms with Gasteiger partial charge in [0.05, 0.1) is 13.2 Å². The minimum absolute atomic E-state index is 0.101. The summed E-state index contributed by atoms with van der Waals surface area (Å²) < 4.78 is 6.59. The number of hydrogen-bond donors (Lipinski definition) is 2. The van der Waals surface area contributed by atoms with Crippen LogP contribution in [0.4, 0.5) is 0 Å². The standard InChI is InChI=1S/C23H26O3Si/c1-23(2,3)27(21-14-8-4-9-15-21,22-16-10-5-11-17-22)26-18-12-6-7-13-20(25)19-24/h4-5,8-11,14-17,20,24-25H,18-19H2,1-3H3/t20-/m0/s1. The van der Waals surface area contributed by atoms with Crippen molar-refractivity contribution in [1.82, 2.24) is 0 Å². The molecule has 4 heteroatoms. The van der Waals surface area contributed by atoms with Crippen molar-refractivity contribution in [3.05, 3.63) is 60.7 Å². The molecule has 0 aliphatic carbocycles. The van der Waals surface area contributed by atoms with E-state index in [0.717, 1.165) is 0 Å². The molecule has 0 aliphatic heterocycles. The maximum atomic E-state index is 9.23. The van der Waals surface area contributed by atoms with Gasteiger partial charge in [-0.05, 0) is 27.3 Å². The Morgan fingerprint density at radius 2 is 1.44 bits per heavy atom. The zero-order chi connectivity index (χ0) is 19.8. The van der Waals surface area contributed by atoms with E-state index >= 15 is 0 Å². The third-order valence-corrected chi connectivity index (χ3v) is 9.32. The molecule has 0 aliphatic rings. The van der Waals surface area contributed by atoms with E-state index in [0.29, 0.717) is 0 Å². The van der Waals surface area contributed by atoms with Gasteiger partial charge in [0.25, 0.3) is 8.32 Å². The van der Waals surface area contributed by atoms with E-state index in [1.807, 2.05) is 36.4 Å². The number of aliphatic hydroxyl groups is 2. The third kappa shape index (κ3) is 5.10. The highest BCUT2D eigenvalue weighted by Crippen LogP contribution is 2.36. The van der Waals surface area contributed by atoms with Crippen LogP contribution < -0.4 is 10.4 Å². The van der Waals surface area contributed by atoms with E-state index in [1.54, 1.807) is 0 Å². The molecule has 0 radical (unpaired) electrons. The van der Waals surface area contributed by atoms with E-state index < -0.39 is 21.0 Å². The lowest BCUT2D eigenvalue weighted by molar-refractivity contribution is 0.138. The van der Waals surface area contributed by atoms with Crippen molar-refractivity contribution >= 4 is 18.7 Å². The molecule has 27 heavy (non-hydrogen) atoms. The van der Waals surface area contributed by atoms with Gasteiger partial charge in [-0.2, -0.15) is 0 Å². The normalized spacial score (nSPS) is 12.3. The smallest absolute Gasteiger partial charge is 0.262 e. The summed E-state index contributed by atoms with van der Waals surface area (Å²) in [4.78, 5) is 0. The van der Waals surface area contributed by atoms with Gasteiger partial charge in [-0.25, -0.2) is 0 Å². The number of benzene rings is 2. The summed E-state index contributed by atoms with van der Waals surface area (Å²) in [7, 11) is -2.58. The summed E-state index contributed by atoms with van der Waals surface area (Å²) in [5.74, 6) is 10.6. The third-order valence-electron chi connectivity index (χ3n) is 4.34. The molecule has 0 aromatic heterocycles. The van der Waals surface area contributed by atoms with Gasteiger partial charge in [0, 0.05) is 0 Å². The molecule has 0 heterocycles.